The number of carbonyl (C=O) groups excluding carboxylic acids is 1. The zero-order valence-corrected chi connectivity index (χ0v) is 30.4. The van der Waals surface area contributed by atoms with Crippen LogP contribution >= 0.6 is 0 Å². The number of amides is 1. The van der Waals surface area contributed by atoms with Gasteiger partial charge in [-0.3, -0.25) is 0 Å². The van der Waals surface area contributed by atoms with Crippen molar-refractivity contribution in [3.63, 3.8) is 0 Å². The summed E-state index contributed by atoms with van der Waals surface area (Å²) in [5, 5.41) is 0. The topological polar surface area (TPSA) is 56.8 Å². The van der Waals surface area contributed by atoms with Gasteiger partial charge in [-0.2, -0.15) is 5.48 Å². The van der Waals surface area contributed by atoms with Crippen LogP contribution in [-0.2, 0) is 14.6 Å². The van der Waals surface area contributed by atoms with Gasteiger partial charge in [0.05, 0.1) is 6.10 Å². The van der Waals surface area contributed by atoms with Gasteiger partial charge in [0, 0.05) is 0 Å². The Balaban J connectivity index is 4.54. The number of hydroxylamine groups is 1. The monoisotopic (exact) mass is 626 g/mol. The Hall–Kier alpha value is -0.810. The Morgan fingerprint density at radius 2 is 0.682 bits per heavy atom. The first-order valence-corrected chi connectivity index (χ1v) is 20.0. The maximum absolute atomic E-state index is 12.7. The zero-order chi connectivity index (χ0) is 32.2. The minimum absolute atomic E-state index is 0.0257. The van der Waals surface area contributed by atoms with E-state index in [0.717, 1.165) is 51.4 Å². The zero-order valence-electron chi connectivity index (χ0n) is 30.4. The molecule has 1 amide bonds. The van der Waals surface area contributed by atoms with Gasteiger partial charge in [-0.05, 0) is 38.5 Å². The third-order valence-corrected chi connectivity index (χ3v) is 9.10. The molecule has 0 spiro atoms. The summed E-state index contributed by atoms with van der Waals surface area (Å²) < 4.78 is 5.86. The Morgan fingerprint density at radius 3 is 1.00 bits per heavy atom. The van der Waals surface area contributed by atoms with Crippen LogP contribution < -0.4 is 5.48 Å². The second kappa shape index (κ2) is 36.7. The molecule has 0 saturated heterocycles. The van der Waals surface area contributed by atoms with E-state index in [2.05, 4.69) is 33.2 Å². The third-order valence-electron chi connectivity index (χ3n) is 9.10. The lowest BCUT2D eigenvalue weighted by Gasteiger charge is -2.19. The molecule has 0 atom stereocenters. The molecule has 264 valence electrons. The van der Waals surface area contributed by atoms with Crippen molar-refractivity contribution in [1.82, 2.24) is 5.48 Å². The number of nitrogens with one attached hydrogen (secondary N) is 1. The average molecular weight is 626 g/mol. The van der Waals surface area contributed by atoms with Gasteiger partial charge in [0.25, 0.3) is 0 Å². The van der Waals surface area contributed by atoms with E-state index < -0.39 is 6.09 Å². The van der Waals surface area contributed by atoms with Gasteiger partial charge in [-0.25, -0.2) is 9.68 Å². The van der Waals surface area contributed by atoms with Crippen LogP contribution in [0.5, 0.6) is 0 Å². The highest BCUT2D eigenvalue weighted by molar-refractivity contribution is 5.65. The van der Waals surface area contributed by atoms with Crippen molar-refractivity contribution in [2.24, 2.45) is 0 Å². The van der Waals surface area contributed by atoms with Gasteiger partial charge in [0.1, 0.15) is 6.10 Å². The highest BCUT2D eigenvalue weighted by Crippen LogP contribution is 2.19. The fraction of sp³-hybridized carbons (Fsp3) is 0.974. The third kappa shape index (κ3) is 32.6. The molecule has 0 radical (unpaired) electrons. The van der Waals surface area contributed by atoms with E-state index in [1.165, 1.54) is 154 Å². The van der Waals surface area contributed by atoms with Crippen LogP contribution in [0.25, 0.3) is 0 Å². The van der Waals surface area contributed by atoms with E-state index in [9.17, 15) is 4.79 Å². The smallest absolute Gasteiger partial charge is 0.434 e. The number of hydrogen-bond donors (Lipinski definition) is 1. The average Bonchev–Trinajstić information content (AvgIpc) is 3.02. The number of hydrogen-bond acceptors (Lipinski definition) is 4. The summed E-state index contributed by atoms with van der Waals surface area (Å²) in [6.07, 6.45) is 39.2. The van der Waals surface area contributed by atoms with Crippen molar-refractivity contribution in [3.8, 4) is 0 Å². The van der Waals surface area contributed by atoms with Crippen molar-refractivity contribution in [2.45, 2.75) is 245 Å². The summed E-state index contributed by atoms with van der Waals surface area (Å²) in [7, 11) is 0. The van der Waals surface area contributed by atoms with Gasteiger partial charge in [0.2, 0.25) is 0 Å². The molecule has 0 aliphatic heterocycles. The minimum Gasteiger partial charge on any atom is -0.445 e. The lowest BCUT2D eigenvalue weighted by atomic mass is 10.0. The Labute approximate surface area is 276 Å². The highest BCUT2D eigenvalue weighted by Gasteiger charge is 2.16. The highest BCUT2D eigenvalue weighted by atomic mass is 17.3. The van der Waals surface area contributed by atoms with Crippen LogP contribution in [0.4, 0.5) is 4.79 Å². The Bertz CT molecular complexity index is 522. The first-order chi connectivity index (χ1) is 21.7. The van der Waals surface area contributed by atoms with Gasteiger partial charge >= 0.3 is 6.09 Å². The molecule has 5 heteroatoms. The van der Waals surface area contributed by atoms with Gasteiger partial charge < -0.3 is 4.74 Å². The minimum atomic E-state index is -0.508. The Morgan fingerprint density at radius 1 is 0.409 bits per heavy atom. The van der Waals surface area contributed by atoms with Gasteiger partial charge in [0.15, 0.2) is 0 Å². The maximum atomic E-state index is 12.7. The largest absolute Gasteiger partial charge is 0.445 e. The predicted molar refractivity (Wildman–Crippen MR) is 190 cm³/mol. The maximum Gasteiger partial charge on any atom is 0.434 e. The summed E-state index contributed by atoms with van der Waals surface area (Å²) in [4.78, 5) is 23.8. The molecule has 0 bridgehead atoms. The van der Waals surface area contributed by atoms with Crippen molar-refractivity contribution in [2.75, 3.05) is 0 Å². The van der Waals surface area contributed by atoms with Gasteiger partial charge in [-0.1, -0.05) is 195 Å². The number of carbonyl (C=O) groups is 1. The number of unbranched alkanes of at least 4 members (excludes halogenated alkanes) is 24. The Kier molecular flexibility index (Phi) is 36.0. The van der Waals surface area contributed by atoms with E-state index >= 15 is 0 Å². The molecular formula is C39H79NO4. The molecule has 0 aliphatic rings. The van der Waals surface area contributed by atoms with E-state index in [-0.39, 0.29) is 12.2 Å². The second-order valence-corrected chi connectivity index (χ2v) is 13.6. The van der Waals surface area contributed by atoms with Crippen LogP contribution in [0.1, 0.15) is 233 Å². The summed E-state index contributed by atoms with van der Waals surface area (Å²) in [5.41, 5.74) is 2.46. The molecule has 0 fully saturated rings. The normalized spacial score (nSPS) is 11.6. The fourth-order valence-corrected chi connectivity index (χ4v) is 6.12. The molecule has 44 heavy (non-hydrogen) atoms. The summed E-state index contributed by atoms with van der Waals surface area (Å²) in [6.45, 7) is 9.06. The van der Waals surface area contributed by atoms with E-state index in [1.807, 2.05) is 0 Å². The molecule has 0 heterocycles. The first-order valence-electron chi connectivity index (χ1n) is 20.0. The van der Waals surface area contributed by atoms with E-state index in [1.54, 1.807) is 0 Å². The molecular weight excluding hydrogens is 546 g/mol. The number of rotatable bonds is 36. The molecule has 1 N–H and O–H groups in total. The van der Waals surface area contributed by atoms with Gasteiger partial charge in [-0.15, -0.1) is 4.99 Å². The number of ether oxygens (including phenoxy) is 1. The van der Waals surface area contributed by atoms with Crippen LogP contribution in [0, 0.1) is 0 Å². The van der Waals surface area contributed by atoms with Crippen LogP contribution in [0.2, 0.25) is 0 Å². The standard InChI is InChI=1S/C39H79NO4/c1-5-9-13-17-21-25-29-33-37(34-30-26-22-18-14-10-6-2)42-39(41)40-44-43-38(35-31-27-23-19-15-11-7-3)36-32-28-24-20-16-12-8-4/h37-38H,5-36H2,1-4H3,(H,40,41). The van der Waals surface area contributed by atoms with Crippen molar-refractivity contribution in [3.05, 3.63) is 0 Å². The molecule has 0 aromatic carbocycles. The summed E-state index contributed by atoms with van der Waals surface area (Å²) >= 11 is 0. The van der Waals surface area contributed by atoms with Crippen LogP contribution in [0.15, 0.2) is 0 Å². The molecule has 0 saturated carbocycles. The van der Waals surface area contributed by atoms with Crippen molar-refractivity contribution < 1.29 is 19.4 Å². The lowest BCUT2D eigenvalue weighted by molar-refractivity contribution is -0.356. The second-order valence-electron chi connectivity index (χ2n) is 13.6. The molecule has 0 unspecified atom stereocenters. The SMILES string of the molecule is CCCCCCCCCC(CCCCCCCCC)OONC(=O)OC(CCCCCCCCC)CCCCCCCCC. The molecule has 0 aromatic rings. The van der Waals surface area contributed by atoms with Crippen molar-refractivity contribution in [1.29, 1.82) is 0 Å². The molecule has 5 nitrogen and oxygen atoms in total. The van der Waals surface area contributed by atoms with E-state index in [4.69, 9.17) is 14.6 Å². The molecule has 0 aliphatic carbocycles. The molecule has 0 aromatic heterocycles. The summed E-state index contributed by atoms with van der Waals surface area (Å²) in [5.74, 6) is 0. The van der Waals surface area contributed by atoms with Crippen LogP contribution in [-0.4, -0.2) is 18.3 Å². The fourth-order valence-electron chi connectivity index (χ4n) is 6.12. The lowest BCUT2D eigenvalue weighted by Crippen LogP contribution is -2.31. The first kappa shape index (κ1) is 43.2. The van der Waals surface area contributed by atoms with Crippen LogP contribution in [0.3, 0.4) is 0 Å². The molecule has 0 rings (SSSR count). The van der Waals surface area contributed by atoms with E-state index in [0.29, 0.717) is 0 Å². The predicted octanol–water partition coefficient (Wildman–Crippen LogP) is 13.9. The summed E-state index contributed by atoms with van der Waals surface area (Å²) in [6, 6.07) is 0. The quantitative estimate of drug-likeness (QED) is 0.0427. The van der Waals surface area contributed by atoms with Crippen molar-refractivity contribution >= 4 is 6.09 Å².